The number of anilines is 1. The van der Waals surface area contributed by atoms with Crippen molar-refractivity contribution in [3.05, 3.63) is 24.3 Å². The fraction of sp³-hybridized carbons (Fsp3) is 0.500. The van der Waals surface area contributed by atoms with Gasteiger partial charge in [-0.25, -0.2) is 13.1 Å². The quantitative estimate of drug-likeness (QED) is 0.559. The maximum Gasteiger partial charge on any atom is 0.212 e. The van der Waals surface area contributed by atoms with Crippen LogP contribution >= 0.6 is 11.8 Å². The number of methoxy groups -OCH3 is 1. The largest absolute Gasteiger partial charge is 0.399 e. The Hall–Kier alpha value is -0.760. The highest BCUT2D eigenvalue weighted by Crippen LogP contribution is 2.19. The molecule has 0 aliphatic heterocycles. The minimum atomic E-state index is -3.24. The number of hydrogen-bond acceptors (Lipinski definition) is 5. The Morgan fingerprint density at radius 3 is 2.58 bits per heavy atom. The van der Waals surface area contributed by atoms with Gasteiger partial charge < -0.3 is 10.5 Å². The first-order valence-corrected chi connectivity index (χ1v) is 8.55. The van der Waals surface area contributed by atoms with Crippen LogP contribution in [0.3, 0.4) is 0 Å². The van der Waals surface area contributed by atoms with Crippen molar-refractivity contribution in [2.45, 2.75) is 17.9 Å². The van der Waals surface area contributed by atoms with Crippen LogP contribution in [0.25, 0.3) is 0 Å². The lowest BCUT2D eigenvalue weighted by molar-refractivity contribution is 0.122. The molecule has 0 aromatic heterocycles. The zero-order chi connectivity index (χ0) is 14.3. The minimum absolute atomic E-state index is 0.0818. The number of hydrogen-bond donors (Lipinski definition) is 2. The molecule has 0 aliphatic carbocycles. The zero-order valence-electron chi connectivity index (χ0n) is 11.1. The van der Waals surface area contributed by atoms with E-state index in [9.17, 15) is 8.42 Å². The van der Waals surface area contributed by atoms with Crippen LogP contribution in [0.15, 0.2) is 29.2 Å². The second kappa shape index (κ2) is 7.74. The molecule has 1 aromatic carbocycles. The van der Waals surface area contributed by atoms with E-state index in [4.69, 9.17) is 10.5 Å². The maximum absolute atomic E-state index is 11.7. The molecule has 0 fully saturated rings. The normalized spacial score (nSPS) is 13.4. The molecule has 3 N–H and O–H groups in total. The van der Waals surface area contributed by atoms with Gasteiger partial charge in [0.2, 0.25) is 10.0 Å². The Labute approximate surface area is 119 Å². The highest BCUT2D eigenvalue weighted by atomic mass is 32.2. The van der Waals surface area contributed by atoms with E-state index in [-0.39, 0.29) is 11.9 Å². The average Bonchev–Trinajstić information content (AvgIpc) is 2.38. The van der Waals surface area contributed by atoms with Gasteiger partial charge in [0, 0.05) is 30.0 Å². The molecule has 0 bridgehead atoms. The van der Waals surface area contributed by atoms with Gasteiger partial charge >= 0.3 is 0 Å². The number of nitrogen functional groups attached to an aromatic ring is 1. The van der Waals surface area contributed by atoms with Crippen LogP contribution in [0.5, 0.6) is 0 Å². The molecule has 1 unspecified atom stereocenters. The number of thioether (sulfide) groups is 1. The van der Waals surface area contributed by atoms with E-state index < -0.39 is 10.0 Å². The van der Waals surface area contributed by atoms with Crippen molar-refractivity contribution in [1.82, 2.24) is 4.72 Å². The highest BCUT2D eigenvalue weighted by molar-refractivity contribution is 8.00. The van der Waals surface area contributed by atoms with Crippen molar-refractivity contribution in [1.29, 1.82) is 0 Å². The molecule has 0 aliphatic rings. The summed E-state index contributed by atoms with van der Waals surface area (Å²) in [5, 5.41) is 0. The minimum Gasteiger partial charge on any atom is -0.399 e. The number of nitrogens with two attached hydrogens (primary N) is 1. The van der Waals surface area contributed by atoms with Crippen molar-refractivity contribution in [2.75, 3.05) is 30.9 Å². The fourth-order valence-corrected chi connectivity index (χ4v) is 3.64. The molecule has 7 heteroatoms. The summed E-state index contributed by atoms with van der Waals surface area (Å²) in [6, 6.07) is 7.37. The molecule has 1 atom stereocenters. The van der Waals surface area contributed by atoms with Crippen molar-refractivity contribution in [2.24, 2.45) is 0 Å². The van der Waals surface area contributed by atoms with Crippen molar-refractivity contribution >= 4 is 27.5 Å². The number of nitrogens with one attached hydrogen (secondary N) is 1. The smallest absolute Gasteiger partial charge is 0.212 e. The predicted octanol–water partition coefficient (Wildman–Crippen LogP) is 1.32. The molecule has 0 heterocycles. The van der Waals surface area contributed by atoms with E-state index in [0.717, 1.165) is 4.90 Å². The second-order valence-electron chi connectivity index (χ2n) is 4.13. The molecule has 0 saturated carbocycles. The molecule has 108 valence electrons. The average molecular weight is 304 g/mol. The van der Waals surface area contributed by atoms with E-state index in [0.29, 0.717) is 18.0 Å². The van der Waals surface area contributed by atoms with Gasteiger partial charge in [-0.3, -0.25) is 0 Å². The van der Waals surface area contributed by atoms with E-state index in [2.05, 4.69) is 4.72 Å². The van der Waals surface area contributed by atoms with Crippen LogP contribution in [-0.2, 0) is 14.8 Å². The van der Waals surface area contributed by atoms with Crippen molar-refractivity contribution in [3.63, 3.8) is 0 Å². The second-order valence-corrected chi connectivity index (χ2v) is 7.23. The highest BCUT2D eigenvalue weighted by Gasteiger charge is 2.11. The van der Waals surface area contributed by atoms with Crippen LogP contribution in [0.4, 0.5) is 5.69 Å². The van der Waals surface area contributed by atoms with Gasteiger partial charge in [0.15, 0.2) is 0 Å². The summed E-state index contributed by atoms with van der Waals surface area (Å²) in [5.74, 6) is 0.582. The van der Waals surface area contributed by atoms with Gasteiger partial charge in [-0.15, -0.1) is 11.8 Å². The van der Waals surface area contributed by atoms with Crippen LogP contribution in [0.1, 0.15) is 6.92 Å². The molecule has 0 radical (unpaired) electrons. The Bertz CT molecular complexity index is 474. The number of benzene rings is 1. The number of ether oxygens (including phenoxy) is 1. The van der Waals surface area contributed by atoms with Gasteiger partial charge in [0.1, 0.15) is 0 Å². The van der Waals surface area contributed by atoms with Crippen molar-refractivity contribution in [3.8, 4) is 0 Å². The Morgan fingerprint density at radius 2 is 2.00 bits per heavy atom. The van der Waals surface area contributed by atoms with Crippen LogP contribution in [-0.4, -0.2) is 39.7 Å². The van der Waals surface area contributed by atoms with Gasteiger partial charge in [0.05, 0.1) is 11.9 Å². The molecule has 0 saturated heterocycles. The third-order valence-electron chi connectivity index (χ3n) is 2.49. The first-order chi connectivity index (χ1) is 8.93. The SMILES string of the molecule is COC(C)CNS(=O)(=O)CCSc1ccc(N)cc1. The first-order valence-electron chi connectivity index (χ1n) is 5.91. The van der Waals surface area contributed by atoms with Crippen LogP contribution < -0.4 is 10.5 Å². The molecule has 1 aromatic rings. The molecule has 0 amide bonds. The summed E-state index contributed by atoms with van der Waals surface area (Å²) in [7, 11) is -1.69. The Morgan fingerprint density at radius 1 is 1.37 bits per heavy atom. The van der Waals surface area contributed by atoms with E-state index in [1.165, 1.54) is 11.8 Å². The third-order valence-corrected chi connectivity index (χ3v) is 5.11. The Balaban J connectivity index is 2.33. The maximum atomic E-state index is 11.7. The van der Waals surface area contributed by atoms with E-state index >= 15 is 0 Å². The number of sulfonamides is 1. The summed E-state index contributed by atoms with van der Waals surface area (Å²) >= 11 is 1.49. The molecular formula is C12H20N2O3S2. The Kier molecular flexibility index (Phi) is 6.64. The van der Waals surface area contributed by atoms with Gasteiger partial charge in [0.25, 0.3) is 0 Å². The summed E-state index contributed by atoms with van der Waals surface area (Å²) < 4.78 is 30.9. The summed E-state index contributed by atoms with van der Waals surface area (Å²) in [6.07, 6.45) is -0.125. The summed E-state index contributed by atoms with van der Waals surface area (Å²) in [6.45, 7) is 2.11. The molecule has 5 nitrogen and oxygen atoms in total. The predicted molar refractivity (Wildman–Crippen MR) is 79.8 cm³/mol. The fourth-order valence-electron chi connectivity index (χ4n) is 1.23. The summed E-state index contributed by atoms with van der Waals surface area (Å²) in [5.41, 5.74) is 6.28. The zero-order valence-corrected chi connectivity index (χ0v) is 12.8. The van der Waals surface area contributed by atoms with Crippen LogP contribution in [0.2, 0.25) is 0 Å². The topological polar surface area (TPSA) is 81.4 Å². The van der Waals surface area contributed by atoms with Gasteiger partial charge in [-0.1, -0.05) is 0 Å². The number of rotatable bonds is 8. The third kappa shape index (κ3) is 6.81. The standard InChI is InChI=1S/C12H20N2O3S2/c1-10(17-2)9-14-19(15,16)8-7-18-12-5-3-11(13)4-6-12/h3-6,10,14H,7-9,13H2,1-2H3. The lowest BCUT2D eigenvalue weighted by Gasteiger charge is -2.11. The van der Waals surface area contributed by atoms with Gasteiger partial charge in [-0.2, -0.15) is 0 Å². The van der Waals surface area contributed by atoms with Gasteiger partial charge in [-0.05, 0) is 31.2 Å². The van der Waals surface area contributed by atoms with Crippen LogP contribution in [0, 0.1) is 0 Å². The molecular weight excluding hydrogens is 284 g/mol. The molecule has 19 heavy (non-hydrogen) atoms. The molecule has 0 spiro atoms. The van der Waals surface area contributed by atoms with Crippen molar-refractivity contribution < 1.29 is 13.2 Å². The first kappa shape index (κ1) is 16.3. The lowest BCUT2D eigenvalue weighted by Crippen LogP contribution is -2.33. The molecule has 1 rings (SSSR count). The lowest BCUT2D eigenvalue weighted by atomic mass is 10.3. The van der Waals surface area contributed by atoms with E-state index in [1.807, 2.05) is 19.1 Å². The monoisotopic (exact) mass is 304 g/mol. The van der Waals surface area contributed by atoms with E-state index in [1.54, 1.807) is 19.2 Å². The summed E-state index contributed by atoms with van der Waals surface area (Å²) in [4.78, 5) is 1.01.